The Morgan fingerprint density at radius 3 is 1.72 bits per heavy atom. The highest BCUT2D eigenvalue weighted by molar-refractivity contribution is 7.86. The van der Waals surface area contributed by atoms with Crippen LogP contribution in [0.15, 0.2) is 108 Å². The van der Waals surface area contributed by atoms with Gasteiger partial charge in [-0.05, 0) is 60.7 Å². The first-order chi connectivity index (χ1) is 18.1. The predicted octanol–water partition coefficient (Wildman–Crippen LogP) is 5.12. The Bertz CT molecular complexity index is 1990. The lowest BCUT2D eigenvalue weighted by atomic mass is 10.1. The van der Waals surface area contributed by atoms with Crippen molar-refractivity contribution in [1.82, 2.24) is 0 Å². The molecule has 0 radical (unpaired) electrons. The van der Waals surface area contributed by atoms with E-state index in [1.54, 1.807) is 0 Å². The maximum atomic E-state index is 12.0. The Hall–Kier alpha value is -4.13. The standard InChI is InChI=1S/C22H16N4O10S3/c27-19-11-10-17(16-2-1-3-20(22(16)19)38(31,32)33)25-26-18-9-6-14(12-21(18)39(34,35)36)24-23-13-4-7-15(8-5-13)37(28,29)30/h1-12,27H,(H,28,29,30)(H,31,32,33)(H,34,35,36). The summed E-state index contributed by atoms with van der Waals surface area (Å²) in [6, 6.07) is 14.2. The summed E-state index contributed by atoms with van der Waals surface area (Å²) in [4.78, 5) is -1.62. The molecule has 202 valence electrons. The molecule has 4 aromatic carbocycles. The number of aromatic hydroxyl groups is 1. The molecule has 4 rings (SSSR count). The molecule has 0 amide bonds. The number of phenols is 1. The van der Waals surface area contributed by atoms with Crippen molar-refractivity contribution < 1.29 is 44.0 Å². The molecule has 0 saturated heterocycles. The van der Waals surface area contributed by atoms with Crippen molar-refractivity contribution in [3.8, 4) is 5.75 Å². The van der Waals surface area contributed by atoms with E-state index in [0.717, 1.165) is 36.4 Å². The summed E-state index contributed by atoms with van der Waals surface area (Å²) in [5.41, 5.74) is -0.177. The first-order valence-electron chi connectivity index (χ1n) is 10.4. The van der Waals surface area contributed by atoms with Gasteiger partial charge in [-0.3, -0.25) is 13.7 Å². The van der Waals surface area contributed by atoms with Gasteiger partial charge in [0, 0.05) is 10.8 Å². The summed E-state index contributed by atoms with van der Waals surface area (Å²) in [5.74, 6) is -0.460. The summed E-state index contributed by atoms with van der Waals surface area (Å²) in [6.07, 6.45) is 0. The molecule has 0 atom stereocenters. The van der Waals surface area contributed by atoms with Crippen LogP contribution in [0.2, 0.25) is 0 Å². The normalized spacial score (nSPS) is 13.0. The Kier molecular flexibility index (Phi) is 7.30. The third-order valence-electron chi connectivity index (χ3n) is 5.14. The highest BCUT2D eigenvalue weighted by Crippen LogP contribution is 2.38. The van der Waals surface area contributed by atoms with E-state index in [-0.39, 0.29) is 38.4 Å². The molecule has 0 aliphatic rings. The van der Waals surface area contributed by atoms with E-state index in [2.05, 4.69) is 20.5 Å². The van der Waals surface area contributed by atoms with Crippen LogP contribution in [0, 0.1) is 0 Å². The number of azo groups is 2. The lowest BCUT2D eigenvalue weighted by molar-refractivity contribution is 0.474. The van der Waals surface area contributed by atoms with Crippen molar-refractivity contribution in [2.75, 3.05) is 0 Å². The monoisotopic (exact) mass is 592 g/mol. The maximum Gasteiger partial charge on any atom is 0.296 e. The maximum absolute atomic E-state index is 12.0. The molecule has 0 heterocycles. The third-order valence-corrected chi connectivity index (χ3v) is 7.78. The summed E-state index contributed by atoms with van der Waals surface area (Å²) in [5, 5.41) is 25.5. The predicted molar refractivity (Wildman–Crippen MR) is 136 cm³/mol. The first kappa shape index (κ1) is 27.9. The van der Waals surface area contributed by atoms with Gasteiger partial charge in [0.15, 0.2) is 0 Å². The number of fused-ring (bicyclic) bond motifs is 1. The van der Waals surface area contributed by atoms with E-state index in [1.165, 1.54) is 36.4 Å². The van der Waals surface area contributed by atoms with E-state index in [1.807, 2.05) is 0 Å². The van der Waals surface area contributed by atoms with E-state index in [4.69, 9.17) is 4.55 Å². The average molecular weight is 593 g/mol. The molecule has 0 spiro atoms. The minimum absolute atomic E-state index is 0.00620. The molecule has 0 aromatic heterocycles. The summed E-state index contributed by atoms with van der Waals surface area (Å²) < 4.78 is 97.9. The van der Waals surface area contributed by atoms with Gasteiger partial charge in [0.1, 0.15) is 21.2 Å². The van der Waals surface area contributed by atoms with Gasteiger partial charge in [-0.25, -0.2) is 0 Å². The quantitative estimate of drug-likeness (QED) is 0.163. The Labute approximate surface area is 221 Å². The van der Waals surface area contributed by atoms with Gasteiger partial charge in [0.25, 0.3) is 30.4 Å². The van der Waals surface area contributed by atoms with Crippen LogP contribution in [0.4, 0.5) is 22.7 Å². The summed E-state index contributed by atoms with van der Waals surface area (Å²) >= 11 is 0. The molecule has 0 aliphatic heterocycles. The van der Waals surface area contributed by atoms with Gasteiger partial charge >= 0.3 is 0 Å². The largest absolute Gasteiger partial charge is 0.507 e. The van der Waals surface area contributed by atoms with Crippen LogP contribution in [0.1, 0.15) is 0 Å². The number of nitrogens with zero attached hydrogens (tertiary/aromatic N) is 4. The second-order valence-corrected chi connectivity index (χ2v) is 12.0. The SMILES string of the molecule is O=S(=O)(O)c1ccc(N=Nc2ccc(N=Nc3ccc(O)c4c(S(=O)(=O)O)cccc34)c(S(=O)(=O)O)c2)cc1. The van der Waals surface area contributed by atoms with Gasteiger partial charge in [-0.2, -0.15) is 35.5 Å². The molecule has 14 nitrogen and oxygen atoms in total. The zero-order valence-electron chi connectivity index (χ0n) is 19.2. The van der Waals surface area contributed by atoms with Crippen LogP contribution < -0.4 is 0 Å². The Morgan fingerprint density at radius 1 is 0.538 bits per heavy atom. The summed E-state index contributed by atoms with van der Waals surface area (Å²) in [6.45, 7) is 0. The fourth-order valence-electron chi connectivity index (χ4n) is 3.40. The lowest BCUT2D eigenvalue weighted by Gasteiger charge is -2.08. The van der Waals surface area contributed by atoms with Crippen LogP contribution in [-0.2, 0) is 30.4 Å². The average Bonchev–Trinajstić information content (AvgIpc) is 2.86. The minimum atomic E-state index is -4.84. The van der Waals surface area contributed by atoms with Crippen LogP contribution in [-0.4, -0.2) is 44.0 Å². The molecule has 4 N–H and O–H groups in total. The fourth-order valence-corrected chi connectivity index (χ4v) is 5.25. The van der Waals surface area contributed by atoms with Crippen molar-refractivity contribution in [3.63, 3.8) is 0 Å². The number of hydrogen-bond acceptors (Lipinski definition) is 11. The first-order valence-corrected chi connectivity index (χ1v) is 14.7. The van der Waals surface area contributed by atoms with Crippen molar-refractivity contribution in [2.24, 2.45) is 20.5 Å². The second kappa shape index (κ2) is 10.2. The van der Waals surface area contributed by atoms with Gasteiger partial charge in [0.2, 0.25) is 0 Å². The van der Waals surface area contributed by atoms with E-state index in [9.17, 15) is 39.5 Å². The minimum Gasteiger partial charge on any atom is -0.507 e. The zero-order chi connectivity index (χ0) is 28.6. The molecule has 4 aromatic rings. The topological polar surface area (TPSA) is 233 Å². The van der Waals surface area contributed by atoms with E-state index in [0.29, 0.717) is 0 Å². The molecular weight excluding hydrogens is 576 g/mol. The van der Waals surface area contributed by atoms with Gasteiger partial charge in [0.05, 0.1) is 22.0 Å². The van der Waals surface area contributed by atoms with Gasteiger partial charge in [-0.15, -0.1) is 10.2 Å². The molecule has 0 bridgehead atoms. The van der Waals surface area contributed by atoms with Crippen LogP contribution >= 0.6 is 0 Å². The molecule has 17 heteroatoms. The smallest absolute Gasteiger partial charge is 0.296 e. The van der Waals surface area contributed by atoms with Crippen molar-refractivity contribution >= 4 is 63.9 Å². The van der Waals surface area contributed by atoms with Crippen LogP contribution in [0.5, 0.6) is 5.75 Å². The number of phenolic OH excluding ortho intramolecular Hbond substituents is 1. The van der Waals surface area contributed by atoms with Gasteiger partial charge < -0.3 is 5.11 Å². The number of benzene rings is 4. The zero-order valence-corrected chi connectivity index (χ0v) is 21.6. The Morgan fingerprint density at radius 2 is 1.10 bits per heavy atom. The van der Waals surface area contributed by atoms with Crippen LogP contribution in [0.3, 0.4) is 0 Å². The van der Waals surface area contributed by atoms with Crippen molar-refractivity contribution in [2.45, 2.75) is 14.7 Å². The highest BCUT2D eigenvalue weighted by Gasteiger charge is 2.19. The highest BCUT2D eigenvalue weighted by atomic mass is 32.2. The fraction of sp³-hybridized carbons (Fsp3) is 0. The van der Waals surface area contributed by atoms with Crippen molar-refractivity contribution in [1.29, 1.82) is 0 Å². The van der Waals surface area contributed by atoms with E-state index >= 15 is 0 Å². The van der Waals surface area contributed by atoms with Gasteiger partial charge in [-0.1, -0.05) is 12.1 Å². The lowest BCUT2D eigenvalue weighted by Crippen LogP contribution is -1.99. The molecule has 0 aliphatic carbocycles. The van der Waals surface area contributed by atoms with E-state index < -0.39 is 45.9 Å². The molecular formula is C22H16N4O10S3. The van der Waals surface area contributed by atoms with Crippen molar-refractivity contribution in [3.05, 3.63) is 72.8 Å². The number of hydrogen-bond donors (Lipinski definition) is 4. The van der Waals surface area contributed by atoms with Crippen LogP contribution in [0.25, 0.3) is 10.8 Å². The number of rotatable bonds is 7. The molecule has 39 heavy (non-hydrogen) atoms. The molecule has 0 unspecified atom stereocenters. The Balaban J connectivity index is 1.72. The second-order valence-electron chi connectivity index (χ2n) is 7.75. The summed E-state index contributed by atoms with van der Waals surface area (Å²) in [7, 11) is -13.9. The third kappa shape index (κ3) is 6.30. The molecule has 0 fully saturated rings. The molecule has 0 saturated carbocycles.